The largest absolute Gasteiger partial charge is 0.372 e. The number of fused-ring (bicyclic) bond motifs is 2. The summed E-state index contributed by atoms with van der Waals surface area (Å²) in [6.45, 7) is 12.2. The quantitative estimate of drug-likeness (QED) is 0.545. The number of amides is 3. The highest BCUT2D eigenvalue weighted by Gasteiger charge is 2.69. The number of aromatic nitrogens is 2. The zero-order valence-electron chi connectivity index (χ0n) is 22.8. The highest BCUT2D eigenvalue weighted by Crippen LogP contribution is 2.65. The molecule has 10 nitrogen and oxygen atoms in total. The smallest absolute Gasteiger partial charge is 0.246 e. The normalized spacial score (nSPS) is 23.2. The van der Waals surface area contributed by atoms with Gasteiger partial charge >= 0.3 is 0 Å². The van der Waals surface area contributed by atoms with Crippen LogP contribution in [0, 0.1) is 34.0 Å². The molecule has 0 spiro atoms. The molecule has 3 amide bonds. The molecule has 1 saturated heterocycles. The molecule has 0 bridgehead atoms. The van der Waals surface area contributed by atoms with Gasteiger partial charge < -0.3 is 20.3 Å². The second-order valence-electron chi connectivity index (χ2n) is 11.8. The first-order valence-corrected chi connectivity index (χ1v) is 13.0. The molecule has 2 N–H and O–H groups in total. The second-order valence-corrected chi connectivity index (χ2v) is 11.8. The van der Waals surface area contributed by atoms with Gasteiger partial charge in [0, 0.05) is 23.9 Å². The minimum absolute atomic E-state index is 0.0517. The lowest BCUT2D eigenvalue weighted by atomic mass is 9.85. The van der Waals surface area contributed by atoms with Crippen molar-refractivity contribution in [3.63, 3.8) is 0 Å². The molecule has 1 aliphatic heterocycles. The molecule has 1 aromatic heterocycles. The number of carbonyl (C=O) groups excluding carboxylic acids is 3. The van der Waals surface area contributed by atoms with E-state index in [1.54, 1.807) is 18.0 Å². The summed E-state index contributed by atoms with van der Waals surface area (Å²) in [6, 6.07) is 6.89. The fourth-order valence-electron chi connectivity index (χ4n) is 5.68. The van der Waals surface area contributed by atoms with Crippen molar-refractivity contribution in [1.82, 2.24) is 25.7 Å². The van der Waals surface area contributed by atoms with Gasteiger partial charge in [0.25, 0.3) is 0 Å². The minimum atomic E-state index is -1.04. The summed E-state index contributed by atoms with van der Waals surface area (Å²) in [5.74, 6) is -1.01. The number of nitrogens with zero attached hydrogens (tertiary/aromatic N) is 4. The second kappa shape index (κ2) is 10.3. The summed E-state index contributed by atoms with van der Waals surface area (Å²) < 4.78 is 5.21. The fraction of sp³-hybridized carbons (Fsp3) is 0.571. The van der Waals surface area contributed by atoms with E-state index in [0.717, 1.165) is 10.8 Å². The predicted molar refractivity (Wildman–Crippen MR) is 140 cm³/mol. The highest BCUT2D eigenvalue weighted by atomic mass is 16.5. The summed E-state index contributed by atoms with van der Waals surface area (Å²) in [5, 5.41) is 25.3. The molecule has 202 valence electrons. The van der Waals surface area contributed by atoms with E-state index in [2.05, 4.69) is 40.7 Å². The monoisotopic (exact) mass is 520 g/mol. The van der Waals surface area contributed by atoms with Gasteiger partial charge in [-0.3, -0.25) is 14.4 Å². The van der Waals surface area contributed by atoms with Crippen LogP contribution in [-0.4, -0.2) is 64.7 Å². The molecule has 4 rings (SSSR count). The number of hydrogen-bond donors (Lipinski definition) is 2. The van der Waals surface area contributed by atoms with Gasteiger partial charge in [-0.05, 0) is 29.6 Å². The third-order valence-corrected chi connectivity index (χ3v) is 7.90. The van der Waals surface area contributed by atoms with Crippen LogP contribution in [0.3, 0.4) is 0 Å². The van der Waals surface area contributed by atoms with Gasteiger partial charge in [-0.2, -0.15) is 15.5 Å². The molecule has 2 fully saturated rings. The van der Waals surface area contributed by atoms with Crippen LogP contribution in [0.2, 0.25) is 0 Å². The molecule has 1 aromatic carbocycles. The number of hydrogen-bond acceptors (Lipinski definition) is 7. The lowest BCUT2D eigenvalue weighted by Crippen LogP contribution is -2.59. The number of nitrogens with one attached hydrogen (secondary N) is 2. The molecule has 1 unspecified atom stereocenters. The Labute approximate surface area is 223 Å². The van der Waals surface area contributed by atoms with Gasteiger partial charge in [0.15, 0.2) is 6.04 Å². The Morgan fingerprint density at radius 3 is 2.61 bits per heavy atom. The Morgan fingerprint density at radius 2 is 1.95 bits per heavy atom. The van der Waals surface area contributed by atoms with Crippen molar-refractivity contribution < 1.29 is 19.1 Å². The molecule has 38 heavy (non-hydrogen) atoms. The number of nitriles is 1. The molecule has 2 aromatic rings. The van der Waals surface area contributed by atoms with Crippen molar-refractivity contribution in [2.45, 2.75) is 59.7 Å². The first-order valence-electron chi connectivity index (χ1n) is 13.0. The van der Waals surface area contributed by atoms with Gasteiger partial charge in [0.2, 0.25) is 17.7 Å². The first kappa shape index (κ1) is 27.5. The van der Waals surface area contributed by atoms with E-state index in [0.29, 0.717) is 18.8 Å². The molecular weight excluding hydrogens is 484 g/mol. The summed E-state index contributed by atoms with van der Waals surface area (Å²) in [5.41, 5.74) is -0.358. The number of likely N-dealkylation sites (tertiary alicyclic amines) is 1. The Morgan fingerprint density at radius 1 is 1.24 bits per heavy atom. The fourth-order valence-corrected chi connectivity index (χ4v) is 5.68. The van der Waals surface area contributed by atoms with Crippen LogP contribution in [0.25, 0.3) is 10.8 Å². The van der Waals surface area contributed by atoms with E-state index >= 15 is 0 Å². The number of rotatable bonds is 8. The number of ether oxygens (including phenoxy) is 1. The van der Waals surface area contributed by atoms with Crippen molar-refractivity contribution in [2.24, 2.45) is 22.7 Å². The van der Waals surface area contributed by atoms with E-state index in [1.807, 2.05) is 45.0 Å². The molecule has 2 aliphatic rings. The predicted octanol–water partition coefficient (Wildman–Crippen LogP) is 2.36. The Bertz CT molecular complexity index is 1270. The van der Waals surface area contributed by atoms with Crippen molar-refractivity contribution >= 4 is 28.5 Å². The molecule has 1 saturated carbocycles. The summed E-state index contributed by atoms with van der Waals surface area (Å²) in [4.78, 5) is 41.7. The molecular formula is C28H36N6O4. The van der Waals surface area contributed by atoms with Gasteiger partial charge in [0.1, 0.15) is 24.4 Å². The maximum Gasteiger partial charge on any atom is 0.246 e. The van der Waals surface area contributed by atoms with Crippen LogP contribution < -0.4 is 10.6 Å². The van der Waals surface area contributed by atoms with Crippen molar-refractivity contribution in [3.05, 3.63) is 36.2 Å². The van der Waals surface area contributed by atoms with Crippen LogP contribution in [0.15, 0.2) is 30.5 Å². The SMILES string of the molecule is CCOCC(=O)N[C@H](C(=O)N1C[C@H]2[C@@H]([C@H]1C(=O)NC(C#N)c1nncc3ccccc13)C2(C)C)C(C)(C)C. The average Bonchev–Trinajstić information content (AvgIpc) is 3.20. The first-order chi connectivity index (χ1) is 17.9. The Hall–Kier alpha value is -3.58. The Kier molecular flexibility index (Phi) is 7.44. The maximum atomic E-state index is 13.9. The molecule has 0 radical (unpaired) electrons. The molecule has 10 heteroatoms. The lowest BCUT2D eigenvalue weighted by molar-refractivity contribution is -0.146. The third kappa shape index (κ3) is 5.07. The van der Waals surface area contributed by atoms with Gasteiger partial charge in [-0.25, -0.2) is 0 Å². The van der Waals surface area contributed by atoms with E-state index in [9.17, 15) is 19.6 Å². The molecule has 5 atom stereocenters. The van der Waals surface area contributed by atoms with Crippen molar-refractivity contribution in [3.8, 4) is 6.07 Å². The summed E-state index contributed by atoms with van der Waals surface area (Å²) >= 11 is 0. The summed E-state index contributed by atoms with van der Waals surface area (Å²) in [6.07, 6.45) is 1.61. The van der Waals surface area contributed by atoms with Crippen LogP contribution in [0.5, 0.6) is 0 Å². The third-order valence-electron chi connectivity index (χ3n) is 7.90. The molecule has 2 heterocycles. The number of benzene rings is 1. The van der Waals surface area contributed by atoms with Gasteiger partial charge in [0.05, 0.1) is 12.3 Å². The minimum Gasteiger partial charge on any atom is -0.372 e. The van der Waals surface area contributed by atoms with E-state index < -0.39 is 29.4 Å². The standard InChI is InChI=1S/C28H36N6O4/c1-7-38-15-20(35)32-24(27(2,3)4)26(37)34-14-18-21(28(18,5)6)23(34)25(36)31-19(12-29)22-17-11-9-8-10-16(17)13-30-33-22/h8-11,13,18-19,21,23-24H,7,14-15H2,1-6H3,(H,31,36)(H,32,35)/t18-,19?,21-,23-,24+/m0/s1. The number of piperidine rings is 1. The summed E-state index contributed by atoms with van der Waals surface area (Å²) in [7, 11) is 0. The zero-order chi connectivity index (χ0) is 27.8. The molecule has 1 aliphatic carbocycles. The van der Waals surface area contributed by atoms with Crippen LogP contribution in [-0.2, 0) is 19.1 Å². The zero-order valence-corrected chi connectivity index (χ0v) is 22.8. The van der Waals surface area contributed by atoms with Crippen LogP contribution in [0.4, 0.5) is 0 Å². The van der Waals surface area contributed by atoms with E-state index in [1.165, 1.54) is 0 Å². The topological polar surface area (TPSA) is 137 Å². The number of carbonyl (C=O) groups is 3. The lowest BCUT2D eigenvalue weighted by Gasteiger charge is -2.37. The highest BCUT2D eigenvalue weighted by molar-refractivity contribution is 5.94. The van der Waals surface area contributed by atoms with E-state index in [4.69, 9.17) is 4.74 Å². The van der Waals surface area contributed by atoms with Gasteiger partial charge in [-0.1, -0.05) is 58.9 Å². The van der Waals surface area contributed by atoms with Crippen LogP contribution in [0.1, 0.15) is 53.3 Å². The van der Waals surface area contributed by atoms with Crippen LogP contribution >= 0.6 is 0 Å². The van der Waals surface area contributed by atoms with E-state index in [-0.39, 0.29) is 35.7 Å². The Balaban J connectivity index is 1.60. The average molecular weight is 521 g/mol. The van der Waals surface area contributed by atoms with Crippen molar-refractivity contribution in [1.29, 1.82) is 5.26 Å². The van der Waals surface area contributed by atoms with Crippen molar-refractivity contribution in [2.75, 3.05) is 19.8 Å². The maximum absolute atomic E-state index is 13.9. The van der Waals surface area contributed by atoms with Gasteiger partial charge in [-0.15, -0.1) is 0 Å².